The Morgan fingerprint density at radius 2 is 1.92 bits per heavy atom. The molecule has 0 aliphatic heterocycles. The van der Waals surface area contributed by atoms with E-state index in [0.717, 1.165) is 5.56 Å². The average Bonchev–Trinajstić information content (AvgIpc) is 2.06. The molecular formula is C9H13N3O. The monoisotopic (exact) mass is 179 g/mol. The van der Waals surface area contributed by atoms with Crippen LogP contribution in [0.15, 0.2) is 29.4 Å². The smallest absolute Gasteiger partial charge is 0.115 e. The number of azide groups is 1. The molecule has 4 nitrogen and oxygen atoms in total. The molecule has 13 heavy (non-hydrogen) atoms. The van der Waals surface area contributed by atoms with Crippen LogP contribution in [0.1, 0.15) is 26.0 Å². The van der Waals surface area contributed by atoms with Gasteiger partial charge in [-0.1, -0.05) is 31.6 Å². The van der Waals surface area contributed by atoms with Crippen LogP contribution in [-0.2, 0) is 0 Å². The van der Waals surface area contributed by atoms with Crippen LogP contribution in [0.2, 0.25) is 0 Å². The van der Waals surface area contributed by atoms with E-state index >= 15 is 0 Å². The number of nitrogens with zero attached hydrogens (tertiary/aromatic N) is 3. The SMILES string of the molecule is C.CC(N=[N+]=[N-])c1ccc(O)cc1. The fourth-order valence-corrected chi connectivity index (χ4v) is 0.897. The van der Waals surface area contributed by atoms with Crippen LogP contribution < -0.4 is 0 Å². The summed E-state index contributed by atoms with van der Waals surface area (Å²) in [4.78, 5) is 2.70. The van der Waals surface area contributed by atoms with E-state index in [1.165, 1.54) is 0 Å². The third-order valence-corrected chi connectivity index (χ3v) is 1.60. The third-order valence-electron chi connectivity index (χ3n) is 1.60. The maximum absolute atomic E-state index is 8.96. The number of phenolic OH excluding ortho intramolecular Hbond substituents is 1. The molecule has 0 fully saturated rings. The first-order chi connectivity index (χ1) is 5.74. The lowest BCUT2D eigenvalue weighted by atomic mass is 10.1. The van der Waals surface area contributed by atoms with Crippen molar-refractivity contribution in [3.05, 3.63) is 40.3 Å². The Bertz CT molecular complexity index is 301. The largest absolute Gasteiger partial charge is 0.508 e. The molecule has 0 saturated carbocycles. The van der Waals surface area contributed by atoms with Crippen LogP contribution in [0.3, 0.4) is 0 Å². The molecule has 0 spiro atoms. The van der Waals surface area contributed by atoms with Gasteiger partial charge in [-0.25, -0.2) is 0 Å². The van der Waals surface area contributed by atoms with Crippen molar-refractivity contribution >= 4 is 0 Å². The van der Waals surface area contributed by atoms with E-state index < -0.39 is 0 Å². The molecular weight excluding hydrogens is 166 g/mol. The van der Waals surface area contributed by atoms with Gasteiger partial charge in [0.05, 0.1) is 6.04 Å². The van der Waals surface area contributed by atoms with Gasteiger partial charge in [0.25, 0.3) is 0 Å². The summed E-state index contributed by atoms with van der Waals surface area (Å²) in [5.74, 6) is 0.215. The average molecular weight is 179 g/mol. The van der Waals surface area contributed by atoms with Gasteiger partial charge in [-0.2, -0.15) is 0 Å². The number of rotatable bonds is 2. The van der Waals surface area contributed by atoms with Gasteiger partial charge in [0, 0.05) is 4.91 Å². The molecule has 70 valence electrons. The molecule has 0 saturated heterocycles. The van der Waals surface area contributed by atoms with Gasteiger partial charge >= 0.3 is 0 Å². The van der Waals surface area contributed by atoms with Crippen LogP contribution in [0.5, 0.6) is 5.75 Å². The molecule has 1 N–H and O–H groups in total. The second-order valence-electron chi connectivity index (χ2n) is 2.47. The van der Waals surface area contributed by atoms with Crippen molar-refractivity contribution in [1.29, 1.82) is 0 Å². The highest BCUT2D eigenvalue weighted by Gasteiger charge is 2.00. The van der Waals surface area contributed by atoms with E-state index in [9.17, 15) is 0 Å². The maximum Gasteiger partial charge on any atom is 0.115 e. The van der Waals surface area contributed by atoms with Crippen molar-refractivity contribution in [2.45, 2.75) is 20.4 Å². The summed E-state index contributed by atoms with van der Waals surface area (Å²) in [6, 6.07) is 6.41. The van der Waals surface area contributed by atoms with Crippen molar-refractivity contribution in [2.24, 2.45) is 5.11 Å². The van der Waals surface area contributed by atoms with E-state index in [4.69, 9.17) is 10.6 Å². The molecule has 1 unspecified atom stereocenters. The Hall–Kier alpha value is -1.67. The summed E-state index contributed by atoms with van der Waals surface area (Å²) < 4.78 is 0. The highest BCUT2D eigenvalue weighted by molar-refractivity contribution is 5.27. The maximum atomic E-state index is 8.96. The van der Waals surface area contributed by atoms with Crippen LogP contribution >= 0.6 is 0 Å². The predicted octanol–water partition coefficient (Wildman–Crippen LogP) is 3.40. The zero-order valence-electron chi connectivity index (χ0n) is 6.68. The van der Waals surface area contributed by atoms with Crippen molar-refractivity contribution in [1.82, 2.24) is 0 Å². The summed E-state index contributed by atoms with van der Waals surface area (Å²) >= 11 is 0. The lowest BCUT2D eigenvalue weighted by molar-refractivity contribution is 0.475. The molecule has 0 aliphatic carbocycles. The minimum Gasteiger partial charge on any atom is -0.508 e. The molecule has 1 atom stereocenters. The highest BCUT2D eigenvalue weighted by Crippen LogP contribution is 2.19. The topological polar surface area (TPSA) is 69.0 Å². The van der Waals surface area contributed by atoms with Crippen LogP contribution in [-0.4, -0.2) is 5.11 Å². The minimum atomic E-state index is -0.185. The number of aromatic hydroxyl groups is 1. The molecule has 0 radical (unpaired) electrons. The highest BCUT2D eigenvalue weighted by atomic mass is 16.3. The van der Waals surface area contributed by atoms with Gasteiger partial charge in [0.15, 0.2) is 0 Å². The fraction of sp³-hybridized carbons (Fsp3) is 0.333. The predicted molar refractivity (Wildman–Crippen MR) is 52.4 cm³/mol. The number of benzene rings is 1. The van der Waals surface area contributed by atoms with E-state index in [-0.39, 0.29) is 19.2 Å². The van der Waals surface area contributed by atoms with Gasteiger partial charge < -0.3 is 5.11 Å². The van der Waals surface area contributed by atoms with E-state index in [1.807, 2.05) is 0 Å². The van der Waals surface area contributed by atoms with Crippen LogP contribution in [0, 0.1) is 0 Å². The number of phenols is 1. The first kappa shape index (κ1) is 11.3. The van der Waals surface area contributed by atoms with Gasteiger partial charge in [0.2, 0.25) is 0 Å². The fourth-order valence-electron chi connectivity index (χ4n) is 0.897. The third kappa shape index (κ3) is 3.05. The molecule has 1 rings (SSSR count). The quantitative estimate of drug-likeness (QED) is 0.422. The second-order valence-corrected chi connectivity index (χ2v) is 2.47. The lowest BCUT2D eigenvalue weighted by Gasteiger charge is -2.03. The first-order valence-electron chi connectivity index (χ1n) is 3.57. The lowest BCUT2D eigenvalue weighted by Crippen LogP contribution is -1.86. The standard InChI is InChI=1S/C8H9N3O.CH4/c1-6(10-11-9)7-2-4-8(12)5-3-7;/h2-6,12H,1H3;1H4. The summed E-state index contributed by atoms with van der Waals surface area (Å²) in [6.45, 7) is 1.80. The first-order valence-corrected chi connectivity index (χ1v) is 3.57. The summed E-state index contributed by atoms with van der Waals surface area (Å²) in [6.07, 6.45) is 0. The van der Waals surface area contributed by atoms with Crippen LogP contribution in [0.25, 0.3) is 10.4 Å². The zero-order chi connectivity index (χ0) is 8.97. The molecule has 0 heterocycles. The molecule has 4 heteroatoms. The second kappa shape index (κ2) is 5.06. The molecule has 0 aromatic heterocycles. The van der Waals surface area contributed by atoms with Crippen molar-refractivity contribution in [3.63, 3.8) is 0 Å². The van der Waals surface area contributed by atoms with Crippen molar-refractivity contribution in [3.8, 4) is 5.75 Å². The van der Waals surface area contributed by atoms with Gasteiger partial charge in [-0.3, -0.25) is 0 Å². The van der Waals surface area contributed by atoms with Gasteiger partial charge in [0.1, 0.15) is 5.75 Å². The number of hydrogen-bond donors (Lipinski definition) is 1. The summed E-state index contributed by atoms with van der Waals surface area (Å²) in [5, 5.41) is 12.5. The zero-order valence-corrected chi connectivity index (χ0v) is 6.68. The summed E-state index contributed by atoms with van der Waals surface area (Å²) in [5.41, 5.74) is 9.06. The Morgan fingerprint density at radius 3 is 2.38 bits per heavy atom. The van der Waals surface area contributed by atoms with E-state index in [1.54, 1.807) is 31.2 Å². The Kier molecular flexibility index (Phi) is 4.41. The number of hydrogen-bond acceptors (Lipinski definition) is 2. The summed E-state index contributed by atoms with van der Waals surface area (Å²) in [7, 11) is 0. The van der Waals surface area contributed by atoms with E-state index in [0.29, 0.717) is 0 Å². The Balaban J connectivity index is 0.00000144. The van der Waals surface area contributed by atoms with E-state index in [2.05, 4.69) is 10.0 Å². The Morgan fingerprint density at radius 1 is 1.38 bits per heavy atom. The van der Waals surface area contributed by atoms with Crippen molar-refractivity contribution < 1.29 is 5.11 Å². The Labute approximate surface area is 77.5 Å². The molecule has 0 bridgehead atoms. The van der Waals surface area contributed by atoms with Crippen molar-refractivity contribution in [2.75, 3.05) is 0 Å². The van der Waals surface area contributed by atoms with Gasteiger partial charge in [-0.15, -0.1) is 0 Å². The van der Waals surface area contributed by atoms with Gasteiger partial charge in [-0.05, 0) is 23.2 Å². The minimum absolute atomic E-state index is 0. The molecule has 1 aromatic rings. The molecule has 0 amide bonds. The van der Waals surface area contributed by atoms with Crippen LogP contribution in [0.4, 0.5) is 0 Å². The molecule has 1 aromatic carbocycles. The molecule has 0 aliphatic rings. The normalized spacial score (nSPS) is 10.8.